The van der Waals surface area contributed by atoms with E-state index in [0.717, 1.165) is 0 Å². The van der Waals surface area contributed by atoms with E-state index in [2.05, 4.69) is 15.4 Å². The van der Waals surface area contributed by atoms with Crippen LogP contribution >= 0.6 is 11.8 Å². The van der Waals surface area contributed by atoms with Gasteiger partial charge in [-0.25, -0.2) is 9.59 Å². The summed E-state index contributed by atoms with van der Waals surface area (Å²) in [7, 11) is 3.15. The number of non-ortho nitro benzene ring substituents is 2. The van der Waals surface area contributed by atoms with Crippen LogP contribution in [0.4, 0.5) is 16.2 Å². The van der Waals surface area contributed by atoms with E-state index in [1.54, 1.807) is 21.0 Å². The molecule has 3 aliphatic heterocycles. The second-order valence-electron chi connectivity index (χ2n) is 13.1. The molecular formula is C33H35N9O10S. The van der Waals surface area contributed by atoms with Gasteiger partial charge >= 0.3 is 12.1 Å². The van der Waals surface area contributed by atoms with Gasteiger partial charge < -0.3 is 19.3 Å². The second kappa shape index (κ2) is 15.0. The number of rotatable bonds is 12. The molecular weight excluding hydrogens is 714 g/mol. The van der Waals surface area contributed by atoms with Crippen molar-refractivity contribution < 1.29 is 38.5 Å². The molecule has 0 radical (unpaired) electrons. The van der Waals surface area contributed by atoms with Crippen LogP contribution in [0.1, 0.15) is 37.4 Å². The van der Waals surface area contributed by atoms with Gasteiger partial charge in [-0.2, -0.15) is 4.80 Å². The Morgan fingerprint density at radius 3 is 2.09 bits per heavy atom. The van der Waals surface area contributed by atoms with Crippen LogP contribution < -0.4 is 0 Å². The van der Waals surface area contributed by atoms with E-state index in [-0.39, 0.29) is 61.0 Å². The first-order valence-corrected chi connectivity index (χ1v) is 17.4. The lowest BCUT2D eigenvalue weighted by Gasteiger charge is -2.47. The van der Waals surface area contributed by atoms with Crippen molar-refractivity contribution in [3.63, 3.8) is 0 Å². The quantitative estimate of drug-likeness (QED) is 0.112. The smallest absolute Gasteiger partial charge is 0.410 e. The van der Waals surface area contributed by atoms with E-state index in [0.29, 0.717) is 16.0 Å². The molecule has 278 valence electrons. The van der Waals surface area contributed by atoms with Crippen molar-refractivity contribution in [2.45, 2.75) is 56.9 Å². The Balaban J connectivity index is 1.23. The van der Waals surface area contributed by atoms with E-state index in [1.807, 2.05) is 6.92 Å². The van der Waals surface area contributed by atoms with Crippen LogP contribution in [-0.2, 0) is 37.1 Å². The van der Waals surface area contributed by atoms with E-state index in [9.17, 15) is 39.4 Å². The number of hydrogen-bond donors (Lipinski definition) is 0. The Hall–Kier alpha value is -5.92. The number of tetrazole rings is 1. The molecule has 2 saturated heterocycles. The lowest BCUT2D eigenvalue weighted by molar-refractivity contribution is -0.385. The van der Waals surface area contributed by atoms with Crippen LogP contribution in [-0.4, -0.2) is 107 Å². The summed E-state index contributed by atoms with van der Waals surface area (Å²) in [6.07, 6.45) is 0.734. The topological polar surface area (TPSA) is 226 Å². The highest BCUT2D eigenvalue weighted by Gasteiger charge is 2.61. The SMILES string of the molecule is C[C@H]([C@@H]1C(=O)N2C(C(=O)OCc3ccc([N+](=O)[O-])cc3)=C(S[C@H]3C[C@@H](C(=O)N(C)C)N(C(=O)OCc4ccc([N+](=O)[O-])cc4)C3)[C@H](C)[C@@H]12)n1ncnn1. The summed E-state index contributed by atoms with van der Waals surface area (Å²) in [5.74, 6) is -2.37. The van der Waals surface area contributed by atoms with Gasteiger partial charge in [0.25, 0.3) is 11.4 Å². The van der Waals surface area contributed by atoms with Crippen molar-refractivity contribution in [2.24, 2.45) is 11.8 Å². The lowest BCUT2D eigenvalue weighted by Crippen LogP contribution is -2.62. The fraction of sp³-hybridized carbons (Fsp3) is 0.424. The van der Waals surface area contributed by atoms with Crippen molar-refractivity contribution in [1.29, 1.82) is 0 Å². The fourth-order valence-electron chi connectivity index (χ4n) is 6.84. The number of carbonyl (C=O) groups is 4. The molecule has 2 aromatic carbocycles. The Labute approximate surface area is 306 Å². The first-order chi connectivity index (χ1) is 25.3. The summed E-state index contributed by atoms with van der Waals surface area (Å²) in [6, 6.07) is 9.30. The third-order valence-corrected chi connectivity index (χ3v) is 11.1. The molecule has 6 atom stereocenters. The van der Waals surface area contributed by atoms with Crippen LogP contribution in [0.5, 0.6) is 0 Å². The second-order valence-corrected chi connectivity index (χ2v) is 14.4. The summed E-state index contributed by atoms with van der Waals surface area (Å²) < 4.78 is 11.2. The average molecular weight is 750 g/mol. The number of carbonyl (C=O) groups excluding carboxylic acids is 4. The molecule has 2 fully saturated rings. The van der Waals surface area contributed by atoms with Gasteiger partial charge in [-0.3, -0.25) is 34.7 Å². The third-order valence-electron chi connectivity index (χ3n) is 9.57. The molecule has 3 aromatic rings. The zero-order chi connectivity index (χ0) is 38.1. The van der Waals surface area contributed by atoms with Gasteiger partial charge in [0.2, 0.25) is 11.8 Å². The summed E-state index contributed by atoms with van der Waals surface area (Å²) in [5, 5.41) is 33.5. The molecule has 4 heterocycles. The Bertz CT molecular complexity index is 1960. The van der Waals surface area contributed by atoms with Crippen molar-refractivity contribution in [2.75, 3.05) is 20.6 Å². The molecule has 0 spiro atoms. The highest BCUT2D eigenvalue weighted by molar-refractivity contribution is 8.03. The number of β-lactam (4-membered cyclic amide) rings is 1. The highest BCUT2D eigenvalue weighted by Crippen LogP contribution is 2.54. The number of amides is 3. The summed E-state index contributed by atoms with van der Waals surface area (Å²) >= 11 is 1.30. The number of nitrogens with zero attached hydrogens (tertiary/aromatic N) is 9. The average Bonchev–Trinajstić information content (AvgIpc) is 3.88. The van der Waals surface area contributed by atoms with Crippen molar-refractivity contribution in [1.82, 2.24) is 34.9 Å². The predicted molar refractivity (Wildman–Crippen MR) is 184 cm³/mol. The van der Waals surface area contributed by atoms with E-state index >= 15 is 0 Å². The van der Waals surface area contributed by atoms with Gasteiger partial charge in [0, 0.05) is 61.0 Å². The number of likely N-dealkylation sites (N-methyl/N-ethyl adjacent to an activating group) is 1. The van der Waals surface area contributed by atoms with Crippen LogP contribution in [0.25, 0.3) is 0 Å². The summed E-state index contributed by atoms with van der Waals surface area (Å²) in [5.41, 5.74) is 0.857. The minimum Gasteiger partial charge on any atom is -0.456 e. The summed E-state index contributed by atoms with van der Waals surface area (Å²) in [6.45, 7) is 3.38. The Kier molecular flexibility index (Phi) is 10.4. The number of thioether (sulfide) groups is 1. The highest BCUT2D eigenvalue weighted by atomic mass is 32.2. The van der Waals surface area contributed by atoms with Gasteiger partial charge in [-0.1, -0.05) is 6.92 Å². The van der Waals surface area contributed by atoms with Crippen molar-refractivity contribution >= 4 is 47.0 Å². The molecule has 0 unspecified atom stereocenters. The van der Waals surface area contributed by atoms with Gasteiger partial charge in [0.15, 0.2) is 6.33 Å². The maximum atomic E-state index is 13.9. The molecule has 20 heteroatoms. The summed E-state index contributed by atoms with van der Waals surface area (Å²) in [4.78, 5) is 81.4. The van der Waals surface area contributed by atoms with Crippen LogP contribution in [0.15, 0.2) is 65.5 Å². The molecule has 3 amide bonds. The number of ether oxygens (including phenoxy) is 2. The molecule has 0 aliphatic carbocycles. The number of nitro groups is 2. The van der Waals surface area contributed by atoms with Crippen LogP contribution in [0, 0.1) is 32.1 Å². The van der Waals surface area contributed by atoms with Gasteiger partial charge in [0.1, 0.15) is 25.0 Å². The zero-order valence-corrected chi connectivity index (χ0v) is 29.8. The van der Waals surface area contributed by atoms with Crippen molar-refractivity contribution in [3.8, 4) is 0 Å². The largest absolute Gasteiger partial charge is 0.456 e. The minimum absolute atomic E-state index is 0.0593. The molecule has 53 heavy (non-hydrogen) atoms. The molecule has 0 N–H and O–H groups in total. The number of aromatic nitrogens is 4. The number of likely N-dealkylation sites (tertiary alicyclic amines) is 1. The molecule has 19 nitrogen and oxygen atoms in total. The number of esters is 1. The standard InChI is InChI=1S/C33H35N9O10S/c1-18-27-26(19(2)40-35-17-34-36-40)31(44)39(27)28(32(45)51-15-20-5-9-22(10-6-20)41(47)48)29(18)53-24-13-25(30(43)37(3)4)38(14-24)33(46)52-16-21-7-11-23(12-8-21)42(49)50/h5-12,17-19,24-27H,13-16H2,1-4H3/t18-,19-,24+,25+,26+,27+/m1/s1. The van der Waals surface area contributed by atoms with E-state index in [4.69, 9.17) is 9.47 Å². The Morgan fingerprint density at radius 2 is 1.57 bits per heavy atom. The minimum atomic E-state index is -0.883. The molecule has 6 rings (SSSR count). The lowest BCUT2D eigenvalue weighted by atomic mass is 9.78. The van der Waals surface area contributed by atoms with Gasteiger partial charge in [-0.05, 0) is 54.0 Å². The molecule has 0 saturated carbocycles. The predicted octanol–water partition coefficient (Wildman–Crippen LogP) is 3.08. The normalized spacial score (nSPS) is 22.6. The van der Waals surface area contributed by atoms with Gasteiger partial charge in [0.05, 0.1) is 27.8 Å². The maximum absolute atomic E-state index is 13.9. The number of fused-ring (bicyclic) bond motifs is 1. The monoisotopic (exact) mass is 749 g/mol. The Morgan fingerprint density at radius 1 is 0.981 bits per heavy atom. The van der Waals surface area contributed by atoms with Crippen LogP contribution in [0.2, 0.25) is 0 Å². The number of nitro benzene ring substituents is 2. The van der Waals surface area contributed by atoms with Crippen LogP contribution in [0.3, 0.4) is 0 Å². The number of benzene rings is 2. The third kappa shape index (κ3) is 7.26. The first kappa shape index (κ1) is 36.9. The molecule has 3 aliphatic rings. The molecule has 0 bridgehead atoms. The number of hydrogen-bond acceptors (Lipinski definition) is 14. The first-order valence-electron chi connectivity index (χ1n) is 16.5. The van der Waals surface area contributed by atoms with Gasteiger partial charge in [-0.15, -0.1) is 22.0 Å². The van der Waals surface area contributed by atoms with E-state index < -0.39 is 51.2 Å². The van der Waals surface area contributed by atoms with E-state index in [1.165, 1.54) is 86.1 Å². The fourth-order valence-corrected chi connectivity index (χ4v) is 8.36. The zero-order valence-electron chi connectivity index (χ0n) is 29.0. The maximum Gasteiger partial charge on any atom is 0.410 e. The molecule has 1 aromatic heterocycles. The van der Waals surface area contributed by atoms with Crippen molar-refractivity contribution in [3.05, 3.63) is 96.8 Å².